The van der Waals surface area contributed by atoms with Gasteiger partial charge in [0.1, 0.15) is 6.04 Å². The van der Waals surface area contributed by atoms with E-state index in [2.05, 4.69) is 10.3 Å². The van der Waals surface area contributed by atoms with Crippen molar-refractivity contribution in [2.75, 3.05) is 0 Å². The zero-order chi connectivity index (χ0) is 24.4. The van der Waals surface area contributed by atoms with E-state index in [0.717, 1.165) is 26.2 Å². The van der Waals surface area contributed by atoms with Gasteiger partial charge in [0, 0.05) is 38.2 Å². The highest BCUT2D eigenvalue weighted by molar-refractivity contribution is 7.23. The van der Waals surface area contributed by atoms with Crippen LogP contribution in [0.3, 0.4) is 0 Å². The van der Waals surface area contributed by atoms with Gasteiger partial charge in [-0.25, -0.2) is 4.79 Å². The van der Waals surface area contributed by atoms with Gasteiger partial charge in [-0.3, -0.25) is 9.59 Å². The van der Waals surface area contributed by atoms with Gasteiger partial charge in [-0.15, -0.1) is 34.0 Å². The molecule has 0 bridgehead atoms. The van der Waals surface area contributed by atoms with Crippen molar-refractivity contribution in [2.24, 2.45) is 0 Å². The number of benzene rings is 1. The van der Waals surface area contributed by atoms with Crippen LogP contribution in [0, 0.1) is 0 Å². The lowest BCUT2D eigenvalue weighted by Gasteiger charge is -2.14. The van der Waals surface area contributed by atoms with E-state index in [-0.39, 0.29) is 18.6 Å². The fourth-order valence-corrected chi connectivity index (χ4v) is 6.67. The Morgan fingerprint density at radius 3 is 2.51 bits per heavy atom. The highest BCUT2D eigenvalue weighted by Gasteiger charge is 2.23. The lowest BCUT2D eigenvalue weighted by atomic mass is 10.0. The zero-order valence-electron chi connectivity index (χ0n) is 18.3. The first-order chi connectivity index (χ1) is 17.0. The minimum absolute atomic E-state index is 0.0144. The average Bonchev–Trinajstić information content (AvgIpc) is 3.65. The van der Waals surface area contributed by atoms with Gasteiger partial charge in [-0.2, -0.15) is 0 Å². The van der Waals surface area contributed by atoms with Crippen LogP contribution < -0.4 is 5.32 Å². The molecule has 6 nitrogen and oxygen atoms in total. The average molecular weight is 521 g/mol. The summed E-state index contributed by atoms with van der Waals surface area (Å²) in [6, 6.07) is 17.8. The molecule has 0 unspecified atom stereocenters. The maximum absolute atomic E-state index is 12.9. The van der Waals surface area contributed by atoms with E-state index in [4.69, 9.17) is 0 Å². The summed E-state index contributed by atoms with van der Waals surface area (Å²) in [6.07, 6.45) is 1.96. The number of thiophene rings is 3. The monoisotopic (exact) mass is 520 g/mol. The van der Waals surface area contributed by atoms with Crippen LogP contribution in [-0.4, -0.2) is 33.8 Å². The summed E-state index contributed by atoms with van der Waals surface area (Å²) in [7, 11) is 0. The molecule has 1 aromatic carbocycles. The summed E-state index contributed by atoms with van der Waals surface area (Å²) < 4.78 is 0. The maximum atomic E-state index is 12.9. The summed E-state index contributed by atoms with van der Waals surface area (Å²) in [5.74, 6) is -1.56. The Labute approximate surface area is 212 Å². The number of carboxylic acids is 1. The van der Waals surface area contributed by atoms with Crippen molar-refractivity contribution in [1.82, 2.24) is 10.3 Å². The van der Waals surface area contributed by atoms with Crippen LogP contribution in [0.1, 0.15) is 25.0 Å². The summed E-state index contributed by atoms with van der Waals surface area (Å²) in [6.45, 7) is 0. The summed E-state index contributed by atoms with van der Waals surface area (Å²) in [5.41, 5.74) is 1.75. The lowest BCUT2D eigenvalue weighted by Crippen LogP contribution is -2.42. The molecule has 0 aliphatic heterocycles. The van der Waals surface area contributed by atoms with Crippen molar-refractivity contribution >= 4 is 62.6 Å². The molecule has 0 fully saturated rings. The number of rotatable bonds is 9. The first kappa shape index (κ1) is 23.2. The van der Waals surface area contributed by atoms with E-state index >= 15 is 0 Å². The van der Waals surface area contributed by atoms with E-state index in [1.54, 1.807) is 29.7 Å². The number of ketones is 1. The number of carboxylic acid groups (broad SMARTS) is 1. The Bertz CT molecular complexity index is 1510. The number of H-pyrrole nitrogens is 1. The molecule has 4 aromatic heterocycles. The molecule has 0 radical (unpaired) electrons. The van der Waals surface area contributed by atoms with Gasteiger partial charge in [-0.05, 0) is 47.3 Å². The summed E-state index contributed by atoms with van der Waals surface area (Å²) in [4.78, 5) is 44.6. The molecule has 1 amide bonds. The Hall–Kier alpha value is -3.53. The highest BCUT2D eigenvalue weighted by atomic mass is 32.1. The molecular weight excluding hydrogens is 500 g/mol. The fraction of sp³-hybridized carbons (Fsp3) is 0.115. The minimum atomic E-state index is -1.09. The number of aromatic nitrogens is 1. The second kappa shape index (κ2) is 9.99. The number of carbonyl (C=O) groups is 3. The van der Waals surface area contributed by atoms with Gasteiger partial charge in [0.05, 0.1) is 16.2 Å². The van der Waals surface area contributed by atoms with E-state index in [0.29, 0.717) is 14.6 Å². The molecule has 9 heteroatoms. The molecule has 5 aromatic rings. The van der Waals surface area contributed by atoms with Crippen molar-refractivity contribution in [3.63, 3.8) is 0 Å². The molecule has 0 spiro atoms. The maximum Gasteiger partial charge on any atom is 0.326 e. The predicted molar refractivity (Wildman–Crippen MR) is 141 cm³/mol. The number of aromatic amines is 1. The topological polar surface area (TPSA) is 99.3 Å². The van der Waals surface area contributed by atoms with Gasteiger partial charge >= 0.3 is 5.97 Å². The Morgan fingerprint density at radius 1 is 0.914 bits per heavy atom. The molecule has 35 heavy (non-hydrogen) atoms. The molecule has 1 atom stereocenters. The Balaban J connectivity index is 1.23. The van der Waals surface area contributed by atoms with Crippen molar-refractivity contribution in [3.8, 4) is 9.75 Å². The van der Waals surface area contributed by atoms with Gasteiger partial charge in [-0.1, -0.05) is 24.3 Å². The number of fused-ring (bicyclic) bond motifs is 1. The van der Waals surface area contributed by atoms with Gasteiger partial charge in [0.15, 0.2) is 0 Å². The summed E-state index contributed by atoms with van der Waals surface area (Å²) in [5, 5.41) is 15.2. The third kappa shape index (κ3) is 5.12. The molecule has 0 aliphatic rings. The van der Waals surface area contributed by atoms with Crippen LogP contribution in [0.2, 0.25) is 0 Å². The van der Waals surface area contributed by atoms with Gasteiger partial charge in [0.25, 0.3) is 0 Å². The largest absolute Gasteiger partial charge is 0.480 e. The SMILES string of the molecule is O=C(Cc1ccc(C(=O)c2ccc(-c3cccs3)s2)s1)N[C@@H](Cc1c[nH]c2ccccc12)C(=O)O. The van der Waals surface area contributed by atoms with E-state index in [1.165, 1.54) is 22.7 Å². The van der Waals surface area contributed by atoms with Crippen molar-refractivity contribution in [3.05, 3.63) is 92.4 Å². The molecule has 0 aliphatic carbocycles. The van der Waals surface area contributed by atoms with Crippen LogP contribution in [0.15, 0.2) is 72.2 Å². The van der Waals surface area contributed by atoms with Crippen molar-refractivity contribution in [1.29, 1.82) is 0 Å². The smallest absolute Gasteiger partial charge is 0.326 e. The molecule has 176 valence electrons. The second-order valence-corrected chi connectivity index (χ2v) is 11.1. The van der Waals surface area contributed by atoms with Crippen LogP contribution in [-0.2, 0) is 22.4 Å². The number of hydrogen-bond acceptors (Lipinski definition) is 6. The van der Waals surface area contributed by atoms with E-state index in [9.17, 15) is 19.5 Å². The highest BCUT2D eigenvalue weighted by Crippen LogP contribution is 2.33. The molecule has 3 N–H and O–H groups in total. The lowest BCUT2D eigenvalue weighted by molar-refractivity contribution is -0.141. The first-order valence-corrected chi connectivity index (χ1v) is 13.3. The normalized spacial score (nSPS) is 12.0. The van der Waals surface area contributed by atoms with Crippen LogP contribution in [0.5, 0.6) is 0 Å². The zero-order valence-corrected chi connectivity index (χ0v) is 20.8. The fourth-order valence-electron chi connectivity index (χ4n) is 3.85. The third-order valence-electron chi connectivity index (χ3n) is 5.55. The van der Waals surface area contributed by atoms with Crippen LogP contribution >= 0.6 is 34.0 Å². The third-order valence-corrected chi connectivity index (χ3v) is 8.78. The van der Waals surface area contributed by atoms with Crippen LogP contribution in [0.25, 0.3) is 20.7 Å². The first-order valence-electron chi connectivity index (χ1n) is 10.8. The number of nitrogens with one attached hydrogen (secondary N) is 2. The summed E-state index contributed by atoms with van der Waals surface area (Å²) >= 11 is 4.34. The number of amides is 1. The van der Waals surface area contributed by atoms with E-state index < -0.39 is 17.9 Å². The Morgan fingerprint density at radius 2 is 1.71 bits per heavy atom. The molecule has 4 heterocycles. The number of para-hydroxylation sites is 1. The Kier molecular flexibility index (Phi) is 6.63. The van der Waals surface area contributed by atoms with Gasteiger partial charge in [0.2, 0.25) is 11.7 Å². The quantitative estimate of drug-likeness (QED) is 0.220. The second-order valence-electron chi connectivity index (χ2n) is 7.94. The number of carbonyl (C=O) groups excluding carboxylic acids is 2. The molecule has 0 saturated carbocycles. The number of hydrogen-bond donors (Lipinski definition) is 3. The van der Waals surface area contributed by atoms with Crippen molar-refractivity contribution in [2.45, 2.75) is 18.9 Å². The van der Waals surface area contributed by atoms with Crippen LogP contribution in [0.4, 0.5) is 0 Å². The van der Waals surface area contributed by atoms with Crippen molar-refractivity contribution < 1.29 is 19.5 Å². The molecule has 0 saturated heterocycles. The molecular formula is C26H20N2O4S3. The van der Waals surface area contributed by atoms with E-state index in [1.807, 2.05) is 53.9 Å². The van der Waals surface area contributed by atoms with Gasteiger partial charge < -0.3 is 15.4 Å². The minimum Gasteiger partial charge on any atom is -0.480 e. The standard InChI is InChI=1S/C26H20N2O4S3/c29-24(28-19(26(31)32)12-15-14-27-18-5-2-1-4-17(15)18)13-16-7-8-22(34-16)25(30)23-10-9-21(35-23)20-6-3-11-33-20/h1-11,14,19,27H,12-13H2,(H,28,29)(H,31,32)/t19-/m0/s1. The molecule has 5 rings (SSSR count). The number of aliphatic carboxylic acids is 1. The predicted octanol–water partition coefficient (Wildman–Crippen LogP) is 5.61.